The van der Waals surface area contributed by atoms with Crippen molar-refractivity contribution in [2.75, 3.05) is 12.8 Å². The molecular weight excluding hydrogens is 307 g/mol. The van der Waals surface area contributed by atoms with E-state index in [1.807, 2.05) is 0 Å². The molecule has 0 fully saturated rings. The van der Waals surface area contributed by atoms with Crippen LogP contribution in [0.5, 0.6) is 0 Å². The van der Waals surface area contributed by atoms with E-state index < -0.39 is 15.8 Å². The van der Waals surface area contributed by atoms with Gasteiger partial charge < -0.3 is 0 Å². The van der Waals surface area contributed by atoms with Crippen molar-refractivity contribution >= 4 is 9.84 Å². The van der Waals surface area contributed by atoms with Crippen LogP contribution in [0.2, 0.25) is 0 Å². The highest BCUT2D eigenvalue weighted by Gasteiger charge is 2.21. The van der Waals surface area contributed by atoms with Crippen LogP contribution in [0.15, 0.2) is 29.7 Å². The highest BCUT2D eigenvalue weighted by Crippen LogP contribution is 2.19. The van der Waals surface area contributed by atoms with Gasteiger partial charge in [-0.1, -0.05) is 6.07 Å². The summed E-state index contributed by atoms with van der Waals surface area (Å²) in [7, 11) is -3.38. The third-order valence-electron chi connectivity index (χ3n) is 3.52. The number of halogens is 1. The Balaban J connectivity index is 1.75. The number of nitrogens with zero attached hydrogens (tertiary/aromatic N) is 4. The van der Waals surface area contributed by atoms with Crippen molar-refractivity contribution in [3.63, 3.8) is 0 Å². The summed E-state index contributed by atoms with van der Waals surface area (Å²) in [6.07, 6.45) is 4.86. The van der Waals surface area contributed by atoms with Crippen LogP contribution in [0.4, 0.5) is 4.39 Å². The van der Waals surface area contributed by atoms with Crippen LogP contribution in [0.3, 0.4) is 0 Å². The summed E-state index contributed by atoms with van der Waals surface area (Å²) >= 11 is 0. The topological polar surface area (TPSA) is 76.1 Å². The maximum Gasteiger partial charge on any atom is 0.246 e. The molecule has 0 spiro atoms. The highest BCUT2D eigenvalue weighted by molar-refractivity contribution is 7.90. The Morgan fingerprint density at radius 2 is 2.09 bits per heavy atom. The Bertz CT molecular complexity index is 793. The van der Waals surface area contributed by atoms with Gasteiger partial charge in [-0.2, -0.15) is 4.39 Å². The first-order valence-electron chi connectivity index (χ1n) is 6.79. The zero-order valence-corrected chi connectivity index (χ0v) is 12.8. The van der Waals surface area contributed by atoms with Gasteiger partial charge in [0.25, 0.3) is 0 Å². The summed E-state index contributed by atoms with van der Waals surface area (Å²) in [5, 5.41) is -0.123. The van der Waals surface area contributed by atoms with Crippen molar-refractivity contribution < 1.29 is 12.8 Å². The SMILES string of the molecule is CS(=O)(=O)c1ncc2c(n1)CCN(Cc1ccc(F)nc1)C2. The van der Waals surface area contributed by atoms with Crippen molar-refractivity contribution in [1.82, 2.24) is 19.9 Å². The second-order valence-electron chi connectivity index (χ2n) is 5.35. The molecule has 1 aliphatic rings. The maximum absolute atomic E-state index is 12.8. The largest absolute Gasteiger partial charge is 0.294 e. The quantitative estimate of drug-likeness (QED) is 0.619. The van der Waals surface area contributed by atoms with Crippen LogP contribution in [-0.2, 0) is 29.3 Å². The number of aromatic nitrogens is 3. The number of hydrogen-bond acceptors (Lipinski definition) is 6. The average molecular weight is 322 g/mol. The first-order valence-corrected chi connectivity index (χ1v) is 8.68. The minimum Gasteiger partial charge on any atom is -0.294 e. The van der Waals surface area contributed by atoms with Crippen molar-refractivity contribution in [1.29, 1.82) is 0 Å². The van der Waals surface area contributed by atoms with Gasteiger partial charge in [0.15, 0.2) is 0 Å². The molecule has 0 aliphatic carbocycles. The first-order chi connectivity index (χ1) is 10.4. The van der Waals surface area contributed by atoms with Crippen LogP contribution in [0, 0.1) is 5.95 Å². The lowest BCUT2D eigenvalue weighted by molar-refractivity contribution is 0.241. The van der Waals surface area contributed by atoms with Gasteiger partial charge in [0.2, 0.25) is 20.9 Å². The predicted molar refractivity (Wildman–Crippen MR) is 77.2 cm³/mol. The molecule has 0 saturated heterocycles. The molecule has 22 heavy (non-hydrogen) atoms. The molecule has 116 valence electrons. The fourth-order valence-corrected chi connectivity index (χ4v) is 2.95. The van der Waals surface area contributed by atoms with Crippen LogP contribution >= 0.6 is 0 Å². The zero-order valence-electron chi connectivity index (χ0n) is 12.0. The fraction of sp³-hybridized carbons (Fsp3) is 0.357. The van der Waals surface area contributed by atoms with Crippen LogP contribution in [0.1, 0.15) is 16.8 Å². The summed E-state index contributed by atoms with van der Waals surface area (Å²) in [6, 6.07) is 3.05. The highest BCUT2D eigenvalue weighted by atomic mass is 32.2. The molecule has 0 N–H and O–H groups in total. The van der Waals surface area contributed by atoms with E-state index in [9.17, 15) is 12.8 Å². The molecule has 0 radical (unpaired) electrons. The summed E-state index contributed by atoms with van der Waals surface area (Å²) in [5.41, 5.74) is 2.64. The summed E-state index contributed by atoms with van der Waals surface area (Å²) in [5.74, 6) is -0.491. The van der Waals surface area contributed by atoms with Gasteiger partial charge in [0.05, 0.1) is 5.69 Å². The lowest BCUT2D eigenvalue weighted by Gasteiger charge is -2.27. The number of pyridine rings is 1. The molecular formula is C14H15FN4O2S. The van der Waals surface area contributed by atoms with Gasteiger partial charge >= 0.3 is 0 Å². The van der Waals surface area contributed by atoms with Gasteiger partial charge in [-0.15, -0.1) is 0 Å². The van der Waals surface area contributed by atoms with E-state index in [0.717, 1.165) is 29.6 Å². The molecule has 8 heteroatoms. The monoisotopic (exact) mass is 322 g/mol. The molecule has 0 aromatic carbocycles. The lowest BCUT2D eigenvalue weighted by atomic mass is 10.1. The van der Waals surface area contributed by atoms with Crippen molar-refractivity contribution in [2.45, 2.75) is 24.7 Å². The summed E-state index contributed by atoms with van der Waals surface area (Å²) < 4.78 is 35.8. The minimum absolute atomic E-state index is 0.123. The number of rotatable bonds is 3. The molecule has 6 nitrogen and oxygen atoms in total. The van der Waals surface area contributed by atoms with E-state index in [-0.39, 0.29) is 5.16 Å². The Kier molecular flexibility index (Phi) is 3.88. The van der Waals surface area contributed by atoms with E-state index in [4.69, 9.17) is 0 Å². The third kappa shape index (κ3) is 3.28. The second-order valence-corrected chi connectivity index (χ2v) is 7.26. The van der Waals surface area contributed by atoms with Gasteiger partial charge in [0, 0.05) is 50.3 Å². The molecule has 0 bridgehead atoms. The van der Waals surface area contributed by atoms with Gasteiger partial charge in [-0.3, -0.25) is 4.90 Å². The Morgan fingerprint density at radius 1 is 1.27 bits per heavy atom. The third-order valence-corrected chi connectivity index (χ3v) is 4.38. The minimum atomic E-state index is -3.38. The van der Waals surface area contributed by atoms with Crippen molar-refractivity contribution in [3.8, 4) is 0 Å². The standard InChI is InChI=1S/C14H15FN4O2S/c1-22(20,21)14-17-7-11-9-19(5-4-12(11)18-14)8-10-2-3-13(15)16-6-10/h2-3,6-7H,4-5,8-9H2,1H3. The van der Waals surface area contributed by atoms with Crippen molar-refractivity contribution in [2.24, 2.45) is 0 Å². The van der Waals surface area contributed by atoms with Crippen LogP contribution in [-0.4, -0.2) is 41.1 Å². The smallest absolute Gasteiger partial charge is 0.246 e. The average Bonchev–Trinajstić information content (AvgIpc) is 2.48. The molecule has 2 aromatic heterocycles. The molecule has 0 unspecified atom stereocenters. The molecule has 3 heterocycles. The number of sulfone groups is 1. The van der Waals surface area contributed by atoms with Gasteiger partial charge in [-0.05, 0) is 11.6 Å². The molecule has 0 atom stereocenters. The van der Waals surface area contributed by atoms with E-state index in [1.54, 1.807) is 12.3 Å². The van der Waals surface area contributed by atoms with Crippen molar-refractivity contribution in [3.05, 3.63) is 47.3 Å². The Labute approximate surface area is 128 Å². The van der Waals surface area contributed by atoms with Crippen LogP contribution in [0.25, 0.3) is 0 Å². The molecule has 0 saturated carbocycles. The normalized spacial score (nSPS) is 15.5. The van der Waals surface area contributed by atoms with E-state index in [0.29, 0.717) is 19.5 Å². The molecule has 0 amide bonds. The first kappa shape index (κ1) is 15.0. The Hall–Kier alpha value is -1.93. The lowest BCUT2D eigenvalue weighted by Crippen LogP contribution is -2.31. The van der Waals surface area contributed by atoms with E-state index >= 15 is 0 Å². The molecule has 3 rings (SSSR count). The molecule has 1 aliphatic heterocycles. The zero-order chi connectivity index (χ0) is 15.7. The predicted octanol–water partition coefficient (Wildman–Crippen LogP) is 0.973. The van der Waals surface area contributed by atoms with E-state index in [1.165, 1.54) is 12.3 Å². The number of hydrogen-bond donors (Lipinski definition) is 0. The van der Waals surface area contributed by atoms with Gasteiger partial charge in [-0.25, -0.2) is 23.4 Å². The second kappa shape index (κ2) is 5.69. The fourth-order valence-electron chi connectivity index (χ4n) is 2.43. The van der Waals surface area contributed by atoms with Crippen LogP contribution < -0.4 is 0 Å². The van der Waals surface area contributed by atoms with Gasteiger partial charge in [0.1, 0.15) is 0 Å². The summed E-state index contributed by atoms with van der Waals surface area (Å²) in [4.78, 5) is 13.9. The number of fused-ring (bicyclic) bond motifs is 1. The van der Waals surface area contributed by atoms with E-state index in [2.05, 4.69) is 19.9 Å². The summed E-state index contributed by atoms with van der Waals surface area (Å²) in [6.45, 7) is 2.04. The Morgan fingerprint density at radius 3 is 2.77 bits per heavy atom. The molecule has 2 aromatic rings. The maximum atomic E-state index is 12.8.